The third kappa shape index (κ3) is 7.65. The predicted octanol–water partition coefficient (Wildman–Crippen LogP) is 7.92. The number of carbonyl (C=O) groups is 2. The molecule has 5 rings (SSSR count). The van der Waals surface area contributed by atoms with Crippen molar-refractivity contribution in [2.75, 3.05) is 25.4 Å². The van der Waals surface area contributed by atoms with Crippen molar-refractivity contribution in [2.45, 2.75) is 4.90 Å². The molecule has 5 aromatic carbocycles. The Kier molecular flexibility index (Phi) is 10.3. The summed E-state index contributed by atoms with van der Waals surface area (Å²) < 4.78 is 5.84. The summed E-state index contributed by atoms with van der Waals surface area (Å²) in [7, 11) is 0. The first kappa shape index (κ1) is 30.4. The molecular formula is C38H34N2O3S. The van der Waals surface area contributed by atoms with Gasteiger partial charge in [-0.25, -0.2) is 0 Å². The smallest absolute Gasteiger partial charge is 0.243 e. The number of hydrogen-bond acceptors (Lipinski definition) is 4. The Morgan fingerprint density at radius 1 is 0.636 bits per heavy atom. The summed E-state index contributed by atoms with van der Waals surface area (Å²) in [6.07, 6.45) is 2.54. The van der Waals surface area contributed by atoms with Gasteiger partial charge in [0.1, 0.15) is 12.4 Å². The zero-order valence-corrected chi connectivity index (χ0v) is 25.2. The molecule has 6 heteroatoms. The van der Waals surface area contributed by atoms with Gasteiger partial charge in [-0.1, -0.05) is 86.0 Å². The Bertz CT molecular complexity index is 1780. The molecular weight excluding hydrogens is 564 g/mol. The molecule has 0 saturated heterocycles. The first-order valence-corrected chi connectivity index (χ1v) is 15.4. The molecule has 0 bridgehead atoms. The Labute approximate surface area is 262 Å². The number of amides is 2. The van der Waals surface area contributed by atoms with Crippen LogP contribution in [0.15, 0.2) is 139 Å². The monoisotopic (exact) mass is 598 g/mol. The van der Waals surface area contributed by atoms with Crippen LogP contribution in [0, 0.1) is 0 Å². The highest BCUT2D eigenvalue weighted by Crippen LogP contribution is 2.41. The van der Waals surface area contributed by atoms with E-state index >= 15 is 0 Å². The Balaban J connectivity index is 1.43. The fraction of sp³-hybridized carbons (Fsp3) is 0.105. The van der Waals surface area contributed by atoms with Crippen LogP contribution in [0.2, 0.25) is 0 Å². The molecule has 5 aromatic rings. The maximum Gasteiger partial charge on any atom is 0.243 e. The van der Waals surface area contributed by atoms with Crippen LogP contribution < -0.4 is 15.4 Å². The van der Waals surface area contributed by atoms with E-state index in [0.29, 0.717) is 19.7 Å². The number of benzene rings is 5. The molecule has 220 valence electrons. The maximum absolute atomic E-state index is 11.4. The molecule has 0 atom stereocenters. The van der Waals surface area contributed by atoms with Gasteiger partial charge < -0.3 is 15.4 Å². The van der Waals surface area contributed by atoms with Gasteiger partial charge in [0.25, 0.3) is 0 Å². The van der Waals surface area contributed by atoms with Crippen LogP contribution in [0.4, 0.5) is 0 Å². The lowest BCUT2D eigenvalue weighted by atomic mass is 9.87. The van der Waals surface area contributed by atoms with E-state index in [9.17, 15) is 9.59 Å². The second-order valence-corrected chi connectivity index (χ2v) is 11.2. The molecule has 0 radical (unpaired) electrons. The topological polar surface area (TPSA) is 67.4 Å². The third-order valence-corrected chi connectivity index (χ3v) is 8.16. The largest absolute Gasteiger partial charge is 0.492 e. The van der Waals surface area contributed by atoms with Gasteiger partial charge in [-0.3, -0.25) is 9.59 Å². The third-order valence-electron chi connectivity index (χ3n) is 7.14. The summed E-state index contributed by atoms with van der Waals surface area (Å²) in [5, 5.41) is 7.89. The van der Waals surface area contributed by atoms with Crippen molar-refractivity contribution in [1.82, 2.24) is 10.6 Å². The van der Waals surface area contributed by atoms with Crippen LogP contribution in [0.25, 0.3) is 44.2 Å². The van der Waals surface area contributed by atoms with Gasteiger partial charge in [-0.05, 0) is 92.7 Å². The SMILES string of the molecule is C=CC(=O)NCCOc1ccc(-c2cc3ccccc3cc2-c2ccccc2-c2ccc(SCCNC(=O)C=C)cc2)cc1. The lowest BCUT2D eigenvalue weighted by Crippen LogP contribution is -2.26. The summed E-state index contributed by atoms with van der Waals surface area (Å²) in [6, 6.07) is 38.2. The molecule has 2 amide bonds. The maximum atomic E-state index is 11.4. The quantitative estimate of drug-likeness (QED) is 0.0821. The molecule has 0 aliphatic carbocycles. The average molecular weight is 599 g/mol. The number of thioether (sulfide) groups is 1. The van der Waals surface area contributed by atoms with Crippen molar-refractivity contribution in [3.8, 4) is 39.1 Å². The second kappa shape index (κ2) is 14.9. The average Bonchev–Trinajstić information content (AvgIpc) is 3.08. The first-order valence-electron chi connectivity index (χ1n) is 14.4. The molecule has 44 heavy (non-hydrogen) atoms. The minimum absolute atomic E-state index is 0.152. The van der Waals surface area contributed by atoms with Gasteiger partial charge in [0, 0.05) is 17.2 Å². The van der Waals surface area contributed by atoms with Crippen molar-refractivity contribution in [1.29, 1.82) is 0 Å². The van der Waals surface area contributed by atoms with Gasteiger partial charge in [-0.15, -0.1) is 11.8 Å². The number of ether oxygens (including phenoxy) is 1. The van der Waals surface area contributed by atoms with E-state index in [1.165, 1.54) is 22.9 Å². The summed E-state index contributed by atoms with van der Waals surface area (Å²) in [5.74, 6) is 1.16. The van der Waals surface area contributed by atoms with Crippen LogP contribution in [-0.4, -0.2) is 37.3 Å². The van der Waals surface area contributed by atoms with Gasteiger partial charge in [0.05, 0.1) is 6.54 Å². The number of carbonyl (C=O) groups excluding carboxylic acids is 2. The minimum Gasteiger partial charge on any atom is -0.492 e. The fourth-order valence-corrected chi connectivity index (χ4v) is 5.73. The lowest BCUT2D eigenvalue weighted by Gasteiger charge is -2.17. The van der Waals surface area contributed by atoms with Gasteiger partial charge >= 0.3 is 0 Å². The fourth-order valence-electron chi connectivity index (χ4n) is 4.96. The zero-order valence-electron chi connectivity index (χ0n) is 24.4. The molecule has 0 fully saturated rings. The highest BCUT2D eigenvalue weighted by Gasteiger charge is 2.14. The van der Waals surface area contributed by atoms with Crippen LogP contribution in [0.3, 0.4) is 0 Å². The van der Waals surface area contributed by atoms with Gasteiger partial charge in [0.15, 0.2) is 0 Å². The Morgan fingerprint density at radius 2 is 1.18 bits per heavy atom. The molecule has 0 spiro atoms. The van der Waals surface area contributed by atoms with E-state index in [1.807, 2.05) is 12.1 Å². The Morgan fingerprint density at radius 3 is 1.84 bits per heavy atom. The summed E-state index contributed by atoms with van der Waals surface area (Å²) in [6.45, 7) is 8.32. The van der Waals surface area contributed by atoms with E-state index in [2.05, 4.69) is 121 Å². The number of rotatable bonds is 13. The molecule has 0 aliphatic rings. The van der Waals surface area contributed by atoms with E-state index in [0.717, 1.165) is 49.8 Å². The van der Waals surface area contributed by atoms with Crippen molar-refractivity contribution in [2.24, 2.45) is 0 Å². The Hall–Kier alpha value is -5.07. The van der Waals surface area contributed by atoms with E-state index in [1.54, 1.807) is 11.8 Å². The van der Waals surface area contributed by atoms with Crippen molar-refractivity contribution >= 4 is 34.3 Å². The molecule has 0 unspecified atom stereocenters. The molecule has 0 aromatic heterocycles. The van der Waals surface area contributed by atoms with E-state index < -0.39 is 0 Å². The lowest BCUT2D eigenvalue weighted by molar-refractivity contribution is -0.117. The molecule has 0 saturated carbocycles. The van der Waals surface area contributed by atoms with E-state index in [-0.39, 0.29) is 11.8 Å². The van der Waals surface area contributed by atoms with Crippen LogP contribution in [0.1, 0.15) is 0 Å². The number of fused-ring (bicyclic) bond motifs is 1. The molecule has 2 N–H and O–H groups in total. The minimum atomic E-state index is -0.214. The summed E-state index contributed by atoms with van der Waals surface area (Å²) >= 11 is 1.71. The van der Waals surface area contributed by atoms with Gasteiger partial charge in [-0.2, -0.15) is 0 Å². The highest BCUT2D eigenvalue weighted by molar-refractivity contribution is 7.99. The van der Waals surface area contributed by atoms with Gasteiger partial charge in [0.2, 0.25) is 11.8 Å². The first-order chi connectivity index (χ1) is 21.6. The zero-order chi connectivity index (χ0) is 30.7. The highest BCUT2D eigenvalue weighted by atomic mass is 32.2. The number of nitrogens with one attached hydrogen (secondary N) is 2. The molecule has 5 nitrogen and oxygen atoms in total. The van der Waals surface area contributed by atoms with Crippen molar-refractivity contribution in [3.05, 3.63) is 135 Å². The van der Waals surface area contributed by atoms with Crippen LogP contribution in [-0.2, 0) is 9.59 Å². The van der Waals surface area contributed by atoms with Crippen LogP contribution in [0.5, 0.6) is 5.75 Å². The van der Waals surface area contributed by atoms with Crippen molar-refractivity contribution < 1.29 is 14.3 Å². The second-order valence-electron chi connectivity index (χ2n) is 10.0. The van der Waals surface area contributed by atoms with Crippen LogP contribution >= 0.6 is 11.8 Å². The summed E-state index contributed by atoms with van der Waals surface area (Å²) in [5.41, 5.74) is 6.81. The number of hydrogen-bond donors (Lipinski definition) is 2. The summed E-state index contributed by atoms with van der Waals surface area (Å²) in [4.78, 5) is 23.9. The van der Waals surface area contributed by atoms with Crippen molar-refractivity contribution in [3.63, 3.8) is 0 Å². The normalized spacial score (nSPS) is 10.6. The standard InChI is InChI=1S/C38H34N2O3S/c1-3-37(41)39-21-23-43-31-17-13-28(14-18-31)35-25-29-9-5-6-10-30(29)26-36(35)34-12-8-7-11-33(34)27-15-19-32(20-16-27)44-24-22-40-38(42)4-2/h3-20,25-26H,1-2,21-24H2,(H,39,41)(H,40,42). The predicted molar refractivity (Wildman–Crippen MR) is 183 cm³/mol. The molecule has 0 aliphatic heterocycles. The molecule has 0 heterocycles. The van der Waals surface area contributed by atoms with E-state index in [4.69, 9.17) is 4.74 Å².